The van der Waals surface area contributed by atoms with E-state index in [1.54, 1.807) is 23.9 Å². The first-order valence-corrected chi connectivity index (χ1v) is 10.7. The van der Waals surface area contributed by atoms with Crippen LogP contribution >= 0.6 is 0 Å². The third-order valence-electron chi connectivity index (χ3n) is 5.29. The molecule has 1 atom stereocenters. The molecule has 2 aromatic rings. The predicted octanol–water partition coefficient (Wildman–Crippen LogP) is 2.62. The molecular formula is C22H30N8O2. The minimum absolute atomic E-state index is 0.0403. The van der Waals surface area contributed by atoms with Gasteiger partial charge < -0.3 is 25.8 Å². The Morgan fingerprint density at radius 3 is 2.53 bits per heavy atom. The Balaban J connectivity index is 1.71. The highest BCUT2D eigenvalue weighted by Gasteiger charge is 2.23. The number of anilines is 5. The summed E-state index contributed by atoms with van der Waals surface area (Å²) in [5, 5.41) is 9.44. The summed E-state index contributed by atoms with van der Waals surface area (Å²) in [6.45, 7) is 6.70. The van der Waals surface area contributed by atoms with Crippen LogP contribution in [0.25, 0.3) is 0 Å². The van der Waals surface area contributed by atoms with E-state index in [0.717, 1.165) is 30.8 Å². The molecule has 170 valence electrons. The number of carbonyl (C=O) groups excluding carboxylic acids is 2. The van der Waals surface area contributed by atoms with Crippen molar-refractivity contribution in [2.24, 2.45) is 0 Å². The molecule has 0 radical (unpaired) electrons. The van der Waals surface area contributed by atoms with Gasteiger partial charge in [0.25, 0.3) is 0 Å². The van der Waals surface area contributed by atoms with Crippen LogP contribution in [-0.2, 0) is 9.59 Å². The minimum atomic E-state index is -0.0693. The number of benzene rings is 1. The number of aromatic nitrogens is 3. The van der Waals surface area contributed by atoms with Crippen molar-refractivity contribution < 1.29 is 9.59 Å². The van der Waals surface area contributed by atoms with Crippen LogP contribution in [-0.4, -0.2) is 64.9 Å². The Hall–Kier alpha value is -3.69. The van der Waals surface area contributed by atoms with Crippen molar-refractivity contribution in [1.29, 1.82) is 0 Å². The predicted molar refractivity (Wildman–Crippen MR) is 126 cm³/mol. The molecule has 1 aliphatic rings. The summed E-state index contributed by atoms with van der Waals surface area (Å²) in [4.78, 5) is 40.5. The molecule has 1 unspecified atom stereocenters. The van der Waals surface area contributed by atoms with Crippen LogP contribution < -0.4 is 20.9 Å². The monoisotopic (exact) mass is 438 g/mol. The fourth-order valence-electron chi connectivity index (χ4n) is 3.49. The standard InChI is InChI=1S/C22H30N8O2/c1-5-18(31)29(4)17-11-9-15(10-12-17)24-21-26-20(23-3)27-22(28-21)25-16-8-7-13-30(14-16)19(32)6-2/h6,9-12,16H,2,5,7-8,13-14H2,1,3-4H3,(H3,23,24,25,26,27,28). The molecule has 2 heterocycles. The lowest BCUT2D eigenvalue weighted by molar-refractivity contribution is -0.127. The average molecular weight is 439 g/mol. The van der Waals surface area contributed by atoms with Gasteiger partial charge in [0.1, 0.15) is 0 Å². The summed E-state index contributed by atoms with van der Waals surface area (Å²) in [6, 6.07) is 7.50. The minimum Gasteiger partial charge on any atom is -0.357 e. The summed E-state index contributed by atoms with van der Waals surface area (Å²) in [5.41, 5.74) is 1.60. The van der Waals surface area contributed by atoms with E-state index >= 15 is 0 Å². The number of hydrogen-bond acceptors (Lipinski definition) is 8. The van der Waals surface area contributed by atoms with Crippen molar-refractivity contribution in [3.63, 3.8) is 0 Å². The van der Waals surface area contributed by atoms with Gasteiger partial charge in [-0.1, -0.05) is 13.5 Å². The normalized spacial score (nSPS) is 15.6. The molecule has 0 aliphatic carbocycles. The van der Waals surface area contributed by atoms with Crippen LogP contribution in [0.4, 0.5) is 29.2 Å². The molecule has 0 saturated carbocycles. The smallest absolute Gasteiger partial charge is 0.246 e. The van der Waals surface area contributed by atoms with Gasteiger partial charge in [-0.05, 0) is 43.2 Å². The van der Waals surface area contributed by atoms with E-state index in [1.165, 1.54) is 6.08 Å². The maximum atomic E-state index is 11.9. The van der Waals surface area contributed by atoms with Crippen molar-refractivity contribution in [3.05, 3.63) is 36.9 Å². The molecule has 2 amide bonds. The second-order valence-corrected chi connectivity index (χ2v) is 7.51. The van der Waals surface area contributed by atoms with Crippen molar-refractivity contribution in [2.75, 3.05) is 48.0 Å². The molecule has 10 nitrogen and oxygen atoms in total. The summed E-state index contributed by atoms with van der Waals surface area (Å²) in [5.74, 6) is 1.21. The first-order valence-electron chi connectivity index (χ1n) is 10.7. The first-order chi connectivity index (χ1) is 15.4. The Morgan fingerprint density at radius 2 is 1.88 bits per heavy atom. The van der Waals surface area contributed by atoms with Gasteiger partial charge in [0.05, 0.1) is 0 Å². The number of nitrogens with one attached hydrogen (secondary N) is 3. The Labute approximate surface area is 188 Å². The third-order valence-corrected chi connectivity index (χ3v) is 5.29. The zero-order valence-corrected chi connectivity index (χ0v) is 18.8. The van der Waals surface area contributed by atoms with E-state index in [2.05, 4.69) is 37.5 Å². The lowest BCUT2D eigenvalue weighted by Gasteiger charge is -2.32. The van der Waals surface area contributed by atoms with Crippen molar-refractivity contribution in [2.45, 2.75) is 32.2 Å². The van der Waals surface area contributed by atoms with Crippen LogP contribution in [0.3, 0.4) is 0 Å². The summed E-state index contributed by atoms with van der Waals surface area (Å²) >= 11 is 0. The van der Waals surface area contributed by atoms with Crippen LogP contribution in [0.2, 0.25) is 0 Å². The van der Waals surface area contributed by atoms with E-state index < -0.39 is 0 Å². The van der Waals surface area contributed by atoms with Gasteiger partial charge in [0.2, 0.25) is 29.7 Å². The molecule has 0 spiro atoms. The van der Waals surface area contributed by atoms with Gasteiger partial charge in [-0.15, -0.1) is 0 Å². The number of carbonyl (C=O) groups is 2. The number of nitrogens with zero attached hydrogens (tertiary/aromatic N) is 5. The molecule has 32 heavy (non-hydrogen) atoms. The molecule has 1 aromatic heterocycles. The number of rotatable bonds is 8. The first kappa shape index (κ1) is 23.0. The highest BCUT2D eigenvalue weighted by Crippen LogP contribution is 2.21. The van der Waals surface area contributed by atoms with Gasteiger partial charge >= 0.3 is 0 Å². The largest absolute Gasteiger partial charge is 0.357 e. The van der Waals surface area contributed by atoms with Crippen LogP contribution in [0.15, 0.2) is 36.9 Å². The lowest BCUT2D eigenvalue weighted by Crippen LogP contribution is -2.44. The van der Waals surface area contributed by atoms with E-state index in [9.17, 15) is 9.59 Å². The van der Waals surface area contributed by atoms with E-state index in [0.29, 0.717) is 30.8 Å². The van der Waals surface area contributed by atoms with Gasteiger partial charge in [-0.2, -0.15) is 15.0 Å². The van der Waals surface area contributed by atoms with Gasteiger partial charge in [0, 0.05) is 51.0 Å². The van der Waals surface area contributed by atoms with Gasteiger partial charge in [-0.3, -0.25) is 9.59 Å². The van der Waals surface area contributed by atoms with Crippen molar-refractivity contribution in [3.8, 4) is 0 Å². The topological polar surface area (TPSA) is 115 Å². The molecular weight excluding hydrogens is 408 g/mol. The summed E-state index contributed by atoms with van der Waals surface area (Å²) < 4.78 is 0. The maximum Gasteiger partial charge on any atom is 0.246 e. The van der Waals surface area contributed by atoms with Crippen LogP contribution in [0, 0.1) is 0 Å². The van der Waals surface area contributed by atoms with E-state index in [-0.39, 0.29) is 17.9 Å². The maximum absolute atomic E-state index is 11.9. The van der Waals surface area contributed by atoms with Crippen molar-refractivity contribution in [1.82, 2.24) is 19.9 Å². The highest BCUT2D eigenvalue weighted by atomic mass is 16.2. The third kappa shape index (κ3) is 5.71. The number of piperidine rings is 1. The molecule has 3 N–H and O–H groups in total. The number of likely N-dealkylation sites (tertiary alicyclic amines) is 1. The zero-order valence-electron chi connectivity index (χ0n) is 18.8. The second-order valence-electron chi connectivity index (χ2n) is 7.51. The Morgan fingerprint density at radius 1 is 1.19 bits per heavy atom. The average Bonchev–Trinajstić information content (AvgIpc) is 2.83. The second kappa shape index (κ2) is 10.6. The molecule has 10 heteroatoms. The SMILES string of the molecule is C=CC(=O)N1CCCC(Nc2nc(NC)nc(Nc3ccc(N(C)C(=O)CC)cc3)n2)C1. The molecule has 1 aliphatic heterocycles. The fraction of sp³-hybridized carbons (Fsp3) is 0.409. The highest BCUT2D eigenvalue weighted by molar-refractivity contribution is 5.92. The van der Waals surface area contributed by atoms with Gasteiger partial charge in [0.15, 0.2) is 0 Å². The molecule has 1 aromatic carbocycles. The quantitative estimate of drug-likeness (QED) is 0.539. The number of hydrogen-bond donors (Lipinski definition) is 3. The number of amides is 2. The Kier molecular flexibility index (Phi) is 7.58. The lowest BCUT2D eigenvalue weighted by atomic mass is 10.1. The molecule has 3 rings (SSSR count). The van der Waals surface area contributed by atoms with Crippen LogP contribution in [0.1, 0.15) is 26.2 Å². The molecule has 1 fully saturated rings. The Bertz CT molecular complexity index is 963. The van der Waals surface area contributed by atoms with E-state index in [4.69, 9.17) is 0 Å². The fourth-order valence-corrected chi connectivity index (χ4v) is 3.49. The molecule has 0 bridgehead atoms. The zero-order chi connectivity index (χ0) is 23.1. The van der Waals surface area contributed by atoms with Gasteiger partial charge in [-0.25, -0.2) is 0 Å². The van der Waals surface area contributed by atoms with E-state index in [1.807, 2.05) is 31.2 Å². The van der Waals surface area contributed by atoms with Crippen LogP contribution in [0.5, 0.6) is 0 Å². The van der Waals surface area contributed by atoms with Crippen molar-refractivity contribution >= 4 is 41.0 Å². The molecule has 1 saturated heterocycles. The summed E-state index contributed by atoms with van der Waals surface area (Å²) in [6.07, 6.45) is 3.60. The summed E-state index contributed by atoms with van der Waals surface area (Å²) in [7, 11) is 3.50.